The van der Waals surface area contributed by atoms with Crippen molar-refractivity contribution in [2.45, 2.75) is 6.42 Å². The minimum absolute atomic E-state index is 0.00579. The number of carbonyl (C=O) groups is 2. The van der Waals surface area contributed by atoms with E-state index in [9.17, 15) is 9.59 Å². The maximum atomic E-state index is 11.6. The van der Waals surface area contributed by atoms with Crippen LogP contribution in [-0.4, -0.2) is 50.7 Å². The van der Waals surface area contributed by atoms with E-state index >= 15 is 0 Å². The maximum absolute atomic E-state index is 11.6. The second-order valence-corrected chi connectivity index (χ2v) is 3.33. The van der Waals surface area contributed by atoms with Gasteiger partial charge < -0.3 is 14.4 Å². The molecular formula is C9H15NO4. The van der Waals surface area contributed by atoms with Crippen molar-refractivity contribution in [3.8, 4) is 0 Å². The first-order valence-corrected chi connectivity index (χ1v) is 4.54. The van der Waals surface area contributed by atoms with Crippen molar-refractivity contribution in [1.29, 1.82) is 0 Å². The Bertz CT molecular complexity index is 223. The average Bonchev–Trinajstić information content (AvgIpc) is 2.69. The van der Waals surface area contributed by atoms with Crippen LogP contribution >= 0.6 is 0 Å². The summed E-state index contributed by atoms with van der Waals surface area (Å²) in [5.74, 6) is -0.544. The van der Waals surface area contributed by atoms with Gasteiger partial charge in [0.2, 0.25) is 5.91 Å². The third-order valence-corrected chi connectivity index (χ3v) is 2.25. The molecule has 5 heteroatoms. The van der Waals surface area contributed by atoms with Gasteiger partial charge in [-0.3, -0.25) is 9.59 Å². The molecular weight excluding hydrogens is 186 g/mol. The molecule has 1 saturated heterocycles. The Kier molecular flexibility index (Phi) is 3.88. The summed E-state index contributed by atoms with van der Waals surface area (Å²) in [5.41, 5.74) is 0. The molecule has 0 aromatic carbocycles. The number of rotatable bonds is 3. The topological polar surface area (TPSA) is 55.8 Å². The fourth-order valence-electron chi connectivity index (χ4n) is 1.38. The summed E-state index contributed by atoms with van der Waals surface area (Å²) in [6, 6.07) is 0. The molecule has 0 aromatic heterocycles. The molecule has 1 aliphatic heterocycles. The van der Waals surface area contributed by atoms with E-state index in [1.165, 1.54) is 12.0 Å². The first-order chi connectivity index (χ1) is 6.65. The van der Waals surface area contributed by atoms with E-state index in [1.54, 1.807) is 7.05 Å². The predicted octanol–water partition coefficient (Wildman–Crippen LogP) is -0.346. The number of nitrogens with zero attached hydrogens (tertiary/aromatic N) is 1. The van der Waals surface area contributed by atoms with Crippen molar-refractivity contribution < 1.29 is 19.1 Å². The van der Waals surface area contributed by atoms with Crippen molar-refractivity contribution in [3.63, 3.8) is 0 Å². The highest BCUT2D eigenvalue weighted by molar-refractivity contribution is 5.83. The van der Waals surface area contributed by atoms with Gasteiger partial charge >= 0.3 is 5.97 Å². The molecule has 0 aromatic rings. The van der Waals surface area contributed by atoms with Crippen molar-refractivity contribution in [2.24, 2.45) is 5.92 Å². The van der Waals surface area contributed by atoms with Gasteiger partial charge in [0.05, 0.1) is 19.6 Å². The summed E-state index contributed by atoms with van der Waals surface area (Å²) in [4.78, 5) is 23.9. The first kappa shape index (κ1) is 11.0. The van der Waals surface area contributed by atoms with E-state index in [0.717, 1.165) is 6.42 Å². The van der Waals surface area contributed by atoms with Crippen LogP contribution in [0.15, 0.2) is 0 Å². The van der Waals surface area contributed by atoms with Crippen LogP contribution in [0.2, 0.25) is 0 Å². The van der Waals surface area contributed by atoms with E-state index in [0.29, 0.717) is 13.2 Å². The summed E-state index contributed by atoms with van der Waals surface area (Å²) in [7, 11) is 2.90. The molecule has 1 atom stereocenters. The van der Waals surface area contributed by atoms with Crippen molar-refractivity contribution in [3.05, 3.63) is 0 Å². The summed E-state index contributed by atoms with van der Waals surface area (Å²) in [6.07, 6.45) is 0.740. The molecule has 0 aliphatic carbocycles. The Labute approximate surface area is 83.0 Å². The Morgan fingerprint density at radius 1 is 1.57 bits per heavy atom. The van der Waals surface area contributed by atoms with Crippen LogP contribution in [0.3, 0.4) is 0 Å². The number of methoxy groups -OCH3 is 1. The molecule has 80 valence electrons. The zero-order valence-electron chi connectivity index (χ0n) is 8.49. The monoisotopic (exact) mass is 201 g/mol. The van der Waals surface area contributed by atoms with E-state index in [1.807, 2.05) is 0 Å². The summed E-state index contributed by atoms with van der Waals surface area (Å²) in [6.45, 7) is 1.10. The van der Waals surface area contributed by atoms with Gasteiger partial charge in [-0.2, -0.15) is 0 Å². The number of ether oxygens (including phenoxy) is 2. The molecule has 0 spiro atoms. The number of likely N-dealkylation sites (N-methyl/N-ethyl adjacent to an activating group) is 1. The molecule has 1 fully saturated rings. The van der Waals surface area contributed by atoms with Crippen LogP contribution < -0.4 is 0 Å². The molecule has 1 unspecified atom stereocenters. The minimum Gasteiger partial charge on any atom is -0.468 e. The first-order valence-electron chi connectivity index (χ1n) is 4.54. The van der Waals surface area contributed by atoms with Crippen molar-refractivity contribution in [1.82, 2.24) is 4.90 Å². The highest BCUT2D eigenvalue weighted by Gasteiger charge is 2.27. The minimum atomic E-state index is -0.403. The number of esters is 1. The van der Waals surface area contributed by atoms with Gasteiger partial charge in [-0.05, 0) is 6.42 Å². The van der Waals surface area contributed by atoms with Gasteiger partial charge in [0.15, 0.2) is 0 Å². The lowest BCUT2D eigenvalue weighted by atomic mass is 10.1. The highest BCUT2D eigenvalue weighted by Crippen LogP contribution is 2.14. The Morgan fingerprint density at radius 3 is 2.79 bits per heavy atom. The Morgan fingerprint density at radius 2 is 2.29 bits per heavy atom. The van der Waals surface area contributed by atoms with Crippen molar-refractivity contribution >= 4 is 11.9 Å². The molecule has 14 heavy (non-hydrogen) atoms. The Hall–Kier alpha value is -1.10. The van der Waals surface area contributed by atoms with E-state index in [2.05, 4.69) is 4.74 Å². The Balaban J connectivity index is 2.39. The second-order valence-electron chi connectivity index (χ2n) is 3.33. The molecule has 0 saturated carbocycles. The maximum Gasteiger partial charge on any atom is 0.325 e. The zero-order valence-corrected chi connectivity index (χ0v) is 8.49. The third kappa shape index (κ3) is 2.70. The molecule has 5 nitrogen and oxygen atoms in total. The quantitative estimate of drug-likeness (QED) is 0.586. The van der Waals surface area contributed by atoms with Gasteiger partial charge in [-0.15, -0.1) is 0 Å². The zero-order chi connectivity index (χ0) is 10.6. The molecule has 0 radical (unpaired) electrons. The smallest absolute Gasteiger partial charge is 0.325 e. The predicted molar refractivity (Wildman–Crippen MR) is 48.6 cm³/mol. The van der Waals surface area contributed by atoms with E-state index in [4.69, 9.17) is 4.74 Å². The molecule has 0 bridgehead atoms. The van der Waals surface area contributed by atoms with Crippen LogP contribution in [-0.2, 0) is 19.1 Å². The lowest BCUT2D eigenvalue weighted by Gasteiger charge is -2.18. The van der Waals surface area contributed by atoms with Gasteiger partial charge in [-0.25, -0.2) is 0 Å². The second kappa shape index (κ2) is 4.95. The lowest BCUT2D eigenvalue weighted by Crippen LogP contribution is -2.37. The van der Waals surface area contributed by atoms with Gasteiger partial charge in [0.25, 0.3) is 0 Å². The number of carbonyl (C=O) groups excluding carboxylic acids is 2. The van der Waals surface area contributed by atoms with E-state index in [-0.39, 0.29) is 18.4 Å². The van der Waals surface area contributed by atoms with Crippen LogP contribution in [0.5, 0.6) is 0 Å². The molecule has 0 N–H and O–H groups in total. The van der Waals surface area contributed by atoms with Crippen LogP contribution in [0, 0.1) is 5.92 Å². The van der Waals surface area contributed by atoms with Crippen molar-refractivity contribution in [2.75, 3.05) is 33.9 Å². The number of hydrogen-bond acceptors (Lipinski definition) is 4. The molecule has 1 aliphatic rings. The fraction of sp³-hybridized carbons (Fsp3) is 0.778. The standard InChI is InChI=1S/C9H15NO4/c1-10(5-8(11)13-2)9(12)7-3-4-14-6-7/h7H,3-6H2,1-2H3. The number of hydrogen-bond donors (Lipinski definition) is 0. The third-order valence-electron chi connectivity index (χ3n) is 2.25. The summed E-state index contributed by atoms with van der Waals surface area (Å²) < 4.78 is 9.57. The normalized spacial score (nSPS) is 20.6. The largest absolute Gasteiger partial charge is 0.468 e. The van der Waals surface area contributed by atoms with Gasteiger partial charge in [0.1, 0.15) is 6.54 Å². The molecule has 1 heterocycles. The number of amides is 1. The van der Waals surface area contributed by atoms with Crippen LogP contribution in [0.25, 0.3) is 0 Å². The average molecular weight is 201 g/mol. The lowest BCUT2D eigenvalue weighted by molar-refractivity contribution is -0.147. The molecule has 1 amide bonds. The summed E-state index contributed by atoms with van der Waals surface area (Å²) in [5, 5.41) is 0. The van der Waals surface area contributed by atoms with Gasteiger partial charge in [-0.1, -0.05) is 0 Å². The van der Waals surface area contributed by atoms with Crippen LogP contribution in [0.1, 0.15) is 6.42 Å². The SMILES string of the molecule is COC(=O)CN(C)C(=O)C1CCOC1. The van der Waals surface area contributed by atoms with Gasteiger partial charge in [0, 0.05) is 13.7 Å². The van der Waals surface area contributed by atoms with Crippen LogP contribution in [0.4, 0.5) is 0 Å². The highest BCUT2D eigenvalue weighted by atomic mass is 16.5. The van der Waals surface area contributed by atoms with E-state index < -0.39 is 5.97 Å². The fourth-order valence-corrected chi connectivity index (χ4v) is 1.38. The summed E-state index contributed by atoms with van der Waals surface area (Å²) >= 11 is 0. The molecule has 1 rings (SSSR count).